The molecule has 5 nitrogen and oxygen atoms in total. The zero-order valence-corrected chi connectivity index (χ0v) is 12.2. The van der Waals surface area contributed by atoms with Crippen LogP contribution >= 0.6 is 34.5 Å². The molecule has 0 radical (unpaired) electrons. The van der Waals surface area contributed by atoms with E-state index >= 15 is 0 Å². The van der Waals surface area contributed by atoms with Gasteiger partial charge in [0, 0.05) is 10.9 Å². The van der Waals surface area contributed by atoms with E-state index in [0.717, 1.165) is 15.0 Å². The van der Waals surface area contributed by atoms with Gasteiger partial charge in [0.15, 0.2) is 0 Å². The molecule has 98 valence electrons. The average molecular weight is 314 g/mol. The molecule has 3 heterocycles. The van der Waals surface area contributed by atoms with E-state index < -0.39 is 0 Å². The number of fused-ring (bicyclic) bond motifs is 1. The normalized spacial score (nSPS) is 12.8. The molecule has 19 heavy (non-hydrogen) atoms. The van der Waals surface area contributed by atoms with Crippen LogP contribution in [0.25, 0.3) is 5.78 Å². The molecule has 1 N–H and O–H groups in total. The van der Waals surface area contributed by atoms with Crippen LogP contribution in [0.3, 0.4) is 0 Å². The number of hydrogen-bond acceptors (Lipinski definition) is 5. The van der Waals surface area contributed by atoms with E-state index in [1.165, 1.54) is 17.7 Å². The number of nitrogens with one attached hydrogen (secondary N) is 1. The Kier molecular flexibility index (Phi) is 3.30. The Morgan fingerprint density at radius 3 is 2.95 bits per heavy atom. The first-order valence-electron chi connectivity index (χ1n) is 5.51. The summed E-state index contributed by atoms with van der Waals surface area (Å²) in [4.78, 5) is 9.23. The van der Waals surface area contributed by atoms with Crippen molar-refractivity contribution < 1.29 is 0 Å². The minimum Gasteiger partial charge on any atom is -0.362 e. The van der Waals surface area contributed by atoms with Crippen molar-refractivity contribution in [2.45, 2.75) is 13.0 Å². The van der Waals surface area contributed by atoms with E-state index in [1.54, 1.807) is 10.6 Å². The second kappa shape index (κ2) is 4.96. The summed E-state index contributed by atoms with van der Waals surface area (Å²) < 4.78 is 2.37. The van der Waals surface area contributed by atoms with Gasteiger partial charge in [0.2, 0.25) is 0 Å². The van der Waals surface area contributed by atoms with Crippen LogP contribution in [0.5, 0.6) is 0 Å². The van der Waals surface area contributed by atoms with Gasteiger partial charge in [0.25, 0.3) is 5.78 Å². The molecule has 0 saturated carbocycles. The molecule has 0 saturated heterocycles. The standard InChI is InChI=1S/C11H9Cl2N5S/c1-6(7-2-3-9(13)19-7)16-10-4-8(12)17-11-14-5-15-18(10)11/h2-6,16H,1H3. The molecule has 3 aromatic heterocycles. The van der Waals surface area contributed by atoms with E-state index in [2.05, 4.69) is 20.4 Å². The second-order valence-corrected chi connectivity index (χ2v) is 6.08. The summed E-state index contributed by atoms with van der Waals surface area (Å²) in [6.07, 6.45) is 1.44. The predicted molar refractivity (Wildman–Crippen MR) is 77.2 cm³/mol. The molecular weight excluding hydrogens is 305 g/mol. The molecule has 0 spiro atoms. The van der Waals surface area contributed by atoms with E-state index in [-0.39, 0.29) is 6.04 Å². The summed E-state index contributed by atoms with van der Waals surface area (Å²) in [5.74, 6) is 1.20. The smallest absolute Gasteiger partial charge is 0.255 e. The highest BCUT2D eigenvalue weighted by molar-refractivity contribution is 7.16. The number of aromatic nitrogens is 4. The monoisotopic (exact) mass is 313 g/mol. The van der Waals surface area contributed by atoms with E-state index in [9.17, 15) is 0 Å². The largest absolute Gasteiger partial charge is 0.362 e. The van der Waals surface area contributed by atoms with Gasteiger partial charge in [0.05, 0.1) is 10.4 Å². The Balaban J connectivity index is 1.94. The van der Waals surface area contributed by atoms with Crippen LogP contribution in [-0.4, -0.2) is 19.6 Å². The van der Waals surface area contributed by atoms with Gasteiger partial charge in [-0.15, -0.1) is 11.3 Å². The molecule has 3 aromatic rings. The zero-order valence-electron chi connectivity index (χ0n) is 9.84. The molecule has 3 rings (SSSR count). The first-order chi connectivity index (χ1) is 9.13. The van der Waals surface area contributed by atoms with Crippen LogP contribution < -0.4 is 5.32 Å². The van der Waals surface area contributed by atoms with Crippen molar-refractivity contribution in [3.63, 3.8) is 0 Å². The van der Waals surface area contributed by atoms with Crippen molar-refractivity contribution in [3.05, 3.63) is 38.9 Å². The van der Waals surface area contributed by atoms with Crippen LogP contribution in [0.2, 0.25) is 9.49 Å². The topological polar surface area (TPSA) is 55.1 Å². The van der Waals surface area contributed by atoms with E-state index in [1.807, 2.05) is 19.1 Å². The lowest BCUT2D eigenvalue weighted by Gasteiger charge is -2.14. The maximum absolute atomic E-state index is 5.96. The lowest BCUT2D eigenvalue weighted by Crippen LogP contribution is -2.09. The Labute approximate surface area is 123 Å². The highest BCUT2D eigenvalue weighted by Gasteiger charge is 2.12. The highest BCUT2D eigenvalue weighted by Crippen LogP contribution is 2.29. The van der Waals surface area contributed by atoms with Gasteiger partial charge in [0.1, 0.15) is 17.3 Å². The minimum absolute atomic E-state index is 0.0865. The van der Waals surface area contributed by atoms with Gasteiger partial charge in [-0.3, -0.25) is 0 Å². The van der Waals surface area contributed by atoms with Crippen molar-refractivity contribution >= 4 is 46.1 Å². The lowest BCUT2D eigenvalue weighted by molar-refractivity contribution is 0.854. The molecule has 0 aliphatic heterocycles. The van der Waals surface area contributed by atoms with Crippen LogP contribution in [0.1, 0.15) is 17.8 Å². The zero-order chi connectivity index (χ0) is 13.4. The van der Waals surface area contributed by atoms with Crippen LogP contribution in [0.15, 0.2) is 24.5 Å². The molecule has 0 aromatic carbocycles. The second-order valence-electron chi connectivity index (χ2n) is 3.94. The maximum Gasteiger partial charge on any atom is 0.255 e. The minimum atomic E-state index is 0.0865. The Morgan fingerprint density at radius 2 is 2.21 bits per heavy atom. The van der Waals surface area contributed by atoms with Crippen molar-refractivity contribution in [1.29, 1.82) is 0 Å². The maximum atomic E-state index is 5.96. The molecule has 0 bridgehead atoms. The molecule has 0 aliphatic rings. The number of thiophene rings is 1. The molecule has 8 heteroatoms. The number of hydrogen-bond donors (Lipinski definition) is 1. The number of anilines is 1. The van der Waals surface area contributed by atoms with Crippen molar-refractivity contribution in [1.82, 2.24) is 19.6 Å². The first kappa shape index (κ1) is 12.7. The van der Waals surface area contributed by atoms with Gasteiger partial charge in [-0.05, 0) is 19.1 Å². The fourth-order valence-corrected chi connectivity index (χ4v) is 2.98. The third kappa shape index (κ3) is 2.51. The summed E-state index contributed by atoms with van der Waals surface area (Å²) in [5, 5.41) is 7.81. The van der Waals surface area contributed by atoms with Crippen molar-refractivity contribution in [2.75, 3.05) is 5.32 Å². The Hall–Kier alpha value is -1.37. The molecule has 0 aliphatic carbocycles. The van der Waals surface area contributed by atoms with Gasteiger partial charge in [-0.2, -0.15) is 19.6 Å². The van der Waals surface area contributed by atoms with E-state index in [0.29, 0.717) is 10.9 Å². The number of rotatable bonds is 3. The van der Waals surface area contributed by atoms with Gasteiger partial charge in [-0.25, -0.2) is 0 Å². The Morgan fingerprint density at radius 1 is 1.37 bits per heavy atom. The van der Waals surface area contributed by atoms with Crippen LogP contribution in [-0.2, 0) is 0 Å². The van der Waals surface area contributed by atoms with E-state index in [4.69, 9.17) is 23.2 Å². The molecule has 1 atom stereocenters. The predicted octanol–water partition coefficient (Wildman–Crippen LogP) is 3.67. The lowest BCUT2D eigenvalue weighted by atomic mass is 10.3. The summed E-state index contributed by atoms with van der Waals surface area (Å²) in [6, 6.07) is 5.68. The molecule has 0 amide bonds. The van der Waals surface area contributed by atoms with Gasteiger partial charge in [-0.1, -0.05) is 23.2 Å². The SMILES string of the molecule is CC(Nc1cc(Cl)nc2ncnn12)c1ccc(Cl)s1. The molecule has 0 fully saturated rings. The third-order valence-corrected chi connectivity index (χ3v) is 4.21. The third-order valence-electron chi connectivity index (χ3n) is 2.61. The fourth-order valence-electron chi connectivity index (χ4n) is 1.74. The van der Waals surface area contributed by atoms with Crippen LogP contribution in [0.4, 0.5) is 5.82 Å². The summed E-state index contributed by atoms with van der Waals surface area (Å²) in [6.45, 7) is 2.04. The number of nitrogens with zero attached hydrogens (tertiary/aromatic N) is 4. The van der Waals surface area contributed by atoms with Gasteiger partial charge < -0.3 is 5.32 Å². The first-order valence-corrected chi connectivity index (χ1v) is 7.09. The Bertz CT molecular complexity index is 723. The van der Waals surface area contributed by atoms with Crippen molar-refractivity contribution in [3.8, 4) is 0 Å². The molecular formula is C11H9Cl2N5S. The fraction of sp³-hybridized carbons (Fsp3) is 0.182. The van der Waals surface area contributed by atoms with Crippen LogP contribution in [0, 0.1) is 0 Å². The number of halogens is 2. The van der Waals surface area contributed by atoms with Gasteiger partial charge >= 0.3 is 0 Å². The summed E-state index contributed by atoms with van der Waals surface area (Å²) >= 11 is 13.4. The quantitative estimate of drug-likeness (QED) is 0.750. The average Bonchev–Trinajstić information content (AvgIpc) is 2.97. The molecule has 1 unspecified atom stereocenters. The highest BCUT2D eigenvalue weighted by atomic mass is 35.5. The summed E-state index contributed by atoms with van der Waals surface area (Å²) in [7, 11) is 0. The van der Waals surface area contributed by atoms with Crippen molar-refractivity contribution in [2.24, 2.45) is 0 Å². The summed E-state index contributed by atoms with van der Waals surface area (Å²) in [5.41, 5.74) is 0.